The Balaban J connectivity index is 2.20. The zero-order valence-electron chi connectivity index (χ0n) is 11.0. The Morgan fingerprint density at radius 2 is 1.73 bits per heavy atom. The molecule has 0 saturated heterocycles. The summed E-state index contributed by atoms with van der Waals surface area (Å²) in [4.78, 5) is 20.2. The Kier molecular flexibility index (Phi) is 4.79. The van der Waals surface area contributed by atoms with Gasteiger partial charge in [0.15, 0.2) is 0 Å². The average molecular weight is 365 g/mol. The fraction of sp³-hybridized carbons (Fsp3) is 0. The van der Waals surface area contributed by atoms with Crippen LogP contribution in [0.25, 0.3) is 0 Å². The van der Waals surface area contributed by atoms with Crippen LogP contribution in [0.4, 0.5) is 17.1 Å². The monoisotopic (exact) mass is 364 g/mol. The summed E-state index contributed by atoms with van der Waals surface area (Å²) in [6.07, 6.45) is 1.48. The molecular weight excluding hydrogens is 356 g/mol. The van der Waals surface area contributed by atoms with Gasteiger partial charge in [0, 0.05) is 10.5 Å². The van der Waals surface area contributed by atoms with E-state index in [1.54, 1.807) is 12.1 Å². The summed E-state index contributed by atoms with van der Waals surface area (Å²) in [6, 6.07) is 10.6. The first-order valence-electron chi connectivity index (χ1n) is 5.95. The largest absolute Gasteiger partial charge is 0.301 e. The number of nitro groups is 2. The van der Waals surface area contributed by atoms with Crippen LogP contribution >= 0.6 is 15.9 Å². The maximum Gasteiger partial charge on any atom is 0.301 e. The third-order valence-corrected chi connectivity index (χ3v) is 3.19. The summed E-state index contributed by atoms with van der Waals surface area (Å²) < 4.78 is 0.920. The van der Waals surface area contributed by atoms with Crippen molar-refractivity contribution in [3.8, 4) is 0 Å². The van der Waals surface area contributed by atoms with Gasteiger partial charge in [0.1, 0.15) is 5.69 Å². The molecule has 9 heteroatoms. The zero-order chi connectivity index (χ0) is 16.1. The first-order valence-corrected chi connectivity index (χ1v) is 6.74. The van der Waals surface area contributed by atoms with E-state index in [4.69, 9.17) is 0 Å². The fourth-order valence-electron chi connectivity index (χ4n) is 1.60. The zero-order valence-corrected chi connectivity index (χ0v) is 12.6. The van der Waals surface area contributed by atoms with E-state index in [2.05, 4.69) is 26.5 Å². The lowest BCUT2D eigenvalue weighted by Crippen LogP contribution is -1.98. The molecule has 2 rings (SSSR count). The van der Waals surface area contributed by atoms with Gasteiger partial charge in [-0.15, -0.1) is 0 Å². The van der Waals surface area contributed by atoms with Crippen LogP contribution in [0.2, 0.25) is 0 Å². The molecule has 1 N–H and O–H groups in total. The van der Waals surface area contributed by atoms with E-state index in [1.165, 1.54) is 18.3 Å². The molecule has 0 saturated carbocycles. The number of nitrogens with one attached hydrogen (secondary N) is 1. The highest BCUT2D eigenvalue weighted by Gasteiger charge is 2.18. The van der Waals surface area contributed by atoms with Crippen molar-refractivity contribution in [2.24, 2.45) is 5.10 Å². The molecular formula is C13H9BrN4O4. The van der Waals surface area contributed by atoms with Gasteiger partial charge in [-0.05, 0) is 23.8 Å². The standard InChI is InChI=1S/C13H9BrN4O4/c14-10-3-1-9(2-4-10)8-15-16-12-6-5-11(17(19)20)7-13(12)18(21)22/h1-8,16H/b15-8-. The molecule has 8 nitrogen and oxygen atoms in total. The molecule has 0 aromatic heterocycles. The van der Waals surface area contributed by atoms with Crippen LogP contribution in [0.3, 0.4) is 0 Å². The van der Waals surface area contributed by atoms with Gasteiger partial charge >= 0.3 is 5.69 Å². The first kappa shape index (κ1) is 15.6. The molecule has 0 aliphatic carbocycles. The van der Waals surface area contributed by atoms with Crippen molar-refractivity contribution in [2.45, 2.75) is 0 Å². The second-order valence-electron chi connectivity index (χ2n) is 4.14. The Morgan fingerprint density at radius 1 is 1.05 bits per heavy atom. The Labute approximate surface area is 132 Å². The van der Waals surface area contributed by atoms with Crippen LogP contribution in [0, 0.1) is 20.2 Å². The van der Waals surface area contributed by atoms with Gasteiger partial charge in [0.05, 0.1) is 22.1 Å². The normalized spacial score (nSPS) is 10.6. The maximum absolute atomic E-state index is 11.0. The number of non-ortho nitro benzene ring substituents is 1. The molecule has 0 amide bonds. The highest BCUT2D eigenvalue weighted by Crippen LogP contribution is 2.28. The Hall–Kier alpha value is -2.81. The molecule has 0 fully saturated rings. The van der Waals surface area contributed by atoms with Crippen molar-refractivity contribution in [1.82, 2.24) is 0 Å². The number of rotatable bonds is 5. The predicted molar refractivity (Wildman–Crippen MR) is 85.1 cm³/mol. The molecule has 0 radical (unpaired) electrons. The van der Waals surface area contributed by atoms with E-state index in [-0.39, 0.29) is 11.4 Å². The number of hydrogen-bond donors (Lipinski definition) is 1. The fourth-order valence-corrected chi connectivity index (χ4v) is 1.87. The van der Waals surface area contributed by atoms with Gasteiger partial charge in [-0.1, -0.05) is 28.1 Å². The van der Waals surface area contributed by atoms with Crippen molar-refractivity contribution < 1.29 is 9.85 Å². The molecule has 0 aliphatic rings. The van der Waals surface area contributed by atoms with E-state index in [0.717, 1.165) is 16.1 Å². The van der Waals surface area contributed by atoms with Crippen LogP contribution in [-0.4, -0.2) is 16.1 Å². The SMILES string of the molecule is O=[N+]([O-])c1ccc(N/N=C\c2ccc(Br)cc2)c([N+](=O)[O-])c1. The highest BCUT2D eigenvalue weighted by molar-refractivity contribution is 9.10. The van der Waals surface area contributed by atoms with Crippen LogP contribution < -0.4 is 5.43 Å². The van der Waals surface area contributed by atoms with E-state index < -0.39 is 15.5 Å². The van der Waals surface area contributed by atoms with Crippen molar-refractivity contribution in [3.63, 3.8) is 0 Å². The molecule has 0 aliphatic heterocycles. The smallest absolute Gasteiger partial charge is 0.272 e. The minimum atomic E-state index is -0.704. The van der Waals surface area contributed by atoms with Crippen molar-refractivity contribution in [3.05, 3.63) is 72.7 Å². The lowest BCUT2D eigenvalue weighted by Gasteiger charge is -2.02. The number of hydrazone groups is 1. The third kappa shape index (κ3) is 3.85. The first-order chi connectivity index (χ1) is 10.5. The Morgan fingerprint density at radius 3 is 2.32 bits per heavy atom. The van der Waals surface area contributed by atoms with E-state index in [9.17, 15) is 20.2 Å². The highest BCUT2D eigenvalue weighted by atomic mass is 79.9. The number of nitro benzene ring substituents is 2. The second kappa shape index (κ2) is 6.76. The number of halogens is 1. The topological polar surface area (TPSA) is 111 Å². The summed E-state index contributed by atoms with van der Waals surface area (Å²) in [7, 11) is 0. The molecule has 0 unspecified atom stereocenters. The van der Waals surface area contributed by atoms with Gasteiger partial charge in [0.25, 0.3) is 5.69 Å². The molecule has 112 valence electrons. The Bertz CT molecular complexity index is 746. The minimum Gasteiger partial charge on any atom is -0.272 e. The lowest BCUT2D eigenvalue weighted by molar-refractivity contribution is -0.393. The second-order valence-corrected chi connectivity index (χ2v) is 5.05. The molecule has 2 aromatic carbocycles. The van der Waals surface area contributed by atoms with Crippen molar-refractivity contribution in [1.29, 1.82) is 0 Å². The van der Waals surface area contributed by atoms with E-state index in [0.29, 0.717) is 0 Å². The lowest BCUT2D eigenvalue weighted by atomic mass is 10.2. The molecule has 2 aromatic rings. The van der Waals surface area contributed by atoms with E-state index in [1.807, 2.05) is 12.1 Å². The number of anilines is 1. The summed E-state index contributed by atoms with van der Waals surface area (Å²) in [5, 5.41) is 25.5. The predicted octanol–water partition coefficient (Wildman–Crippen LogP) is 3.71. The van der Waals surface area contributed by atoms with Crippen molar-refractivity contribution >= 4 is 39.2 Å². The molecule has 22 heavy (non-hydrogen) atoms. The molecule has 0 atom stereocenters. The van der Waals surface area contributed by atoms with Crippen LogP contribution in [0.5, 0.6) is 0 Å². The van der Waals surface area contributed by atoms with Gasteiger partial charge < -0.3 is 0 Å². The van der Waals surface area contributed by atoms with Crippen molar-refractivity contribution in [2.75, 3.05) is 5.43 Å². The van der Waals surface area contributed by atoms with Gasteiger partial charge in [-0.25, -0.2) is 0 Å². The summed E-state index contributed by atoms with van der Waals surface area (Å²) in [5.41, 5.74) is 2.62. The molecule has 0 spiro atoms. The van der Waals surface area contributed by atoms with Gasteiger partial charge in [-0.2, -0.15) is 5.10 Å². The minimum absolute atomic E-state index is 0.0731. The third-order valence-electron chi connectivity index (χ3n) is 2.66. The van der Waals surface area contributed by atoms with Crippen LogP contribution in [0.15, 0.2) is 52.0 Å². The number of nitrogens with zero attached hydrogens (tertiary/aromatic N) is 3. The summed E-state index contributed by atoms with van der Waals surface area (Å²) in [6.45, 7) is 0. The quantitative estimate of drug-likeness (QED) is 0.493. The van der Waals surface area contributed by atoms with Crippen LogP contribution in [-0.2, 0) is 0 Å². The van der Waals surface area contributed by atoms with E-state index >= 15 is 0 Å². The maximum atomic E-state index is 11.0. The van der Waals surface area contributed by atoms with Gasteiger partial charge in [0.2, 0.25) is 0 Å². The summed E-state index contributed by atoms with van der Waals surface area (Å²) in [5.74, 6) is 0. The molecule has 0 heterocycles. The number of benzene rings is 2. The average Bonchev–Trinajstić information content (AvgIpc) is 2.49. The van der Waals surface area contributed by atoms with Crippen LogP contribution in [0.1, 0.15) is 5.56 Å². The van der Waals surface area contributed by atoms with Gasteiger partial charge in [-0.3, -0.25) is 25.7 Å². The number of hydrogen-bond acceptors (Lipinski definition) is 6. The summed E-state index contributed by atoms with van der Waals surface area (Å²) >= 11 is 3.30. The molecule has 0 bridgehead atoms.